The van der Waals surface area contributed by atoms with Crippen LogP contribution in [-0.2, 0) is 15.0 Å². The first-order valence-electron chi connectivity index (χ1n) is 9.33. The van der Waals surface area contributed by atoms with Gasteiger partial charge in [0.15, 0.2) is 0 Å². The van der Waals surface area contributed by atoms with Crippen LogP contribution < -0.4 is 0 Å². The number of rotatable bonds is 3. The van der Waals surface area contributed by atoms with Gasteiger partial charge < -0.3 is 9.94 Å². The Bertz CT molecular complexity index is 773. The molecule has 0 saturated heterocycles. The molecule has 1 N–H and O–H groups in total. The van der Waals surface area contributed by atoms with E-state index in [-0.39, 0.29) is 11.3 Å². The van der Waals surface area contributed by atoms with Gasteiger partial charge >= 0.3 is 5.97 Å². The van der Waals surface area contributed by atoms with Crippen molar-refractivity contribution < 1.29 is 14.7 Å². The molecule has 3 rings (SSSR count). The van der Waals surface area contributed by atoms with Crippen LogP contribution in [0.3, 0.4) is 0 Å². The van der Waals surface area contributed by atoms with Crippen LogP contribution in [0.5, 0.6) is 0 Å². The van der Waals surface area contributed by atoms with Gasteiger partial charge in [0.2, 0.25) is 0 Å². The van der Waals surface area contributed by atoms with Gasteiger partial charge in [0, 0.05) is 5.56 Å². The van der Waals surface area contributed by atoms with E-state index in [2.05, 4.69) is 38.1 Å². The molecule has 1 fully saturated rings. The predicted molar refractivity (Wildman–Crippen MR) is 104 cm³/mol. The third-order valence-electron chi connectivity index (χ3n) is 6.72. The molecule has 0 aliphatic heterocycles. The Morgan fingerprint density at radius 2 is 2.04 bits per heavy atom. The Morgan fingerprint density at radius 1 is 1.35 bits per heavy atom. The molecule has 1 aromatic carbocycles. The Balaban J connectivity index is 2.28. The van der Waals surface area contributed by atoms with E-state index in [9.17, 15) is 9.90 Å². The smallest absolute Gasteiger partial charge is 0.309 e. The van der Waals surface area contributed by atoms with Gasteiger partial charge in [-0.25, -0.2) is 0 Å². The van der Waals surface area contributed by atoms with E-state index in [4.69, 9.17) is 16.4 Å². The third kappa shape index (κ3) is 2.65. The summed E-state index contributed by atoms with van der Waals surface area (Å²) in [4.78, 5) is 17.3. The van der Waals surface area contributed by atoms with Crippen LogP contribution in [0.1, 0.15) is 76.0 Å². The first-order valence-corrected chi connectivity index (χ1v) is 9.71. The molecule has 1 aromatic rings. The van der Waals surface area contributed by atoms with Crippen molar-refractivity contribution in [1.82, 2.24) is 0 Å². The Hall–Kier alpha value is -1.55. The Morgan fingerprint density at radius 3 is 2.62 bits per heavy atom. The second-order valence-electron chi connectivity index (χ2n) is 8.52. The summed E-state index contributed by atoms with van der Waals surface area (Å²) < 4.78 is 0. The van der Waals surface area contributed by atoms with Gasteiger partial charge in [-0.15, -0.1) is 0 Å². The van der Waals surface area contributed by atoms with E-state index in [0.717, 1.165) is 40.3 Å². The van der Waals surface area contributed by atoms with Gasteiger partial charge in [-0.1, -0.05) is 56.1 Å². The molecule has 1 unspecified atom stereocenters. The highest BCUT2D eigenvalue weighted by Gasteiger charge is 2.57. The third-order valence-corrected chi connectivity index (χ3v) is 7.12. The maximum Gasteiger partial charge on any atom is 0.309 e. The number of hydrogen-bond donors (Lipinski definition) is 1. The van der Waals surface area contributed by atoms with Crippen LogP contribution in [0.2, 0.25) is 5.02 Å². The maximum atomic E-state index is 12.2. The molecule has 26 heavy (non-hydrogen) atoms. The summed E-state index contributed by atoms with van der Waals surface area (Å²) in [6.07, 6.45) is 3.12. The van der Waals surface area contributed by atoms with Crippen molar-refractivity contribution in [2.45, 2.75) is 64.7 Å². The first kappa shape index (κ1) is 19.2. The molecule has 3 atom stereocenters. The van der Waals surface area contributed by atoms with Gasteiger partial charge in [0.1, 0.15) is 7.11 Å². The fraction of sp³-hybridized carbons (Fsp3) is 0.619. The molecule has 2 aliphatic carbocycles. The van der Waals surface area contributed by atoms with Crippen molar-refractivity contribution in [2.75, 3.05) is 7.11 Å². The summed E-state index contributed by atoms with van der Waals surface area (Å²) in [5, 5.41) is 15.0. The minimum Gasteiger partial charge on any atom is -0.481 e. The van der Waals surface area contributed by atoms with Gasteiger partial charge in [-0.05, 0) is 54.6 Å². The van der Waals surface area contributed by atoms with Gasteiger partial charge in [-0.3, -0.25) is 4.79 Å². The number of carboxylic acids is 1. The average Bonchev–Trinajstić information content (AvgIpc) is 2.56. The molecule has 5 heteroatoms. The normalized spacial score (nSPS) is 32.3. The largest absolute Gasteiger partial charge is 0.481 e. The fourth-order valence-corrected chi connectivity index (χ4v) is 5.68. The molecule has 2 aliphatic rings. The topological polar surface area (TPSA) is 58.9 Å². The van der Waals surface area contributed by atoms with Crippen LogP contribution in [0, 0.1) is 11.3 Å². The lowest BCUT2D eigenvalue weighted by Gasteiger charge is -2.53. The molecule has 142 valence electrons. The van der Waals surface area contributed by atoms with Crippen LogP contribution >= 0.6 is 11.6 Å². The van der Waals surface area contributed by atoms with E-state index >= 15 is 0 Å². The van der Waals surface area contributed by atoms with E-state index in [1.54, 1.807) is 0 Å². The van der Waals surface area contributed by atoms with Gasteiger partial charge in [0.05, 0.1) is 16.1 Å². The van der Waals surface area contributed by atoms with Crippen molar-refractivity contribution in [3.05, 3.63) is 33.8 Å². The van der Waals surface area contributed by atoms with Crippen LogP contribution in [0.25, 0.3) is 0 Å². The van der Waals surface area contributed by atoms with E-state index in [1.807, 2.05) is 6.92 Å². The van der Waals surface area contributed by atoms with Crippen molar-refractivity contribution in [3.63, 3.8) is 0 Å². The number of fused-ring (bicyclic) bond motifs is 3. The van der Waals surface area contributed by atoms with Crippen LogP contribution in [0.4, 0.5) is 0 Å². The van der Waals surface area contributed by atoms with Crippen molar-refractivity contribution in [1.29, 1.82) is 0 Å². The second kappa shape index (κ2) is 6.56. The molecule has 4 nitrogen and oxygen atoms in total. The lowest BCUT2D eigenvalue weighted by atomic mass is 9.49. The Kier molecular flexibility index (Phi) is 4.85. The lowest BCUT2D eigenvalue weighted by Crippen LogP contribution is -2.53. The zero-order valence-electron chi connectivity index (χ0n) is 16.2. The Labute approximate surface area is 160 Å². The summed E-state index contributed by atoms with van der Waals surface area (Å²) in [5.74, 6) is -0.458. The molecule has 0 heterocycles. The predicted octanol–water partition coefficient (Wildman–Crippen LogP) is 5.37. The number of hydrogen-bond acceptors (Lipinski definition) is 3. The van der Waals surface area contributed by atoms with E-state index < -0.39 is 11.4 Å². The summed E-state index contributed by atoms with van der Waals surface area (Å²) in [6, 6.07) is 4.23. The number of aliphatic carboxylic acids is 1. The quantitative estimate of drug-likeness (QED) is 0.720. The summed E-state index contributed by atoms with van der Waals surface area (Å²) in [7, 11) is 1.53. The number of carboxylic acid groups (broad SMARTS) is 1. The minimum atomic E-state index is -0.775. The van der Waals surface area contributed by atoms with Gasteiger partial charge in [0.25, 0.3) is 0 Å². The number of nitrogens with zero attached hydrogens (tertiary/aromatic N) is 1. The number of benzene rings is 1. The molecular formula is C21H28ClNO3. The van der Waals surface area contributed by atoms with Crippen molar-refractivity contribution in [2.24, 2.45) is 16.5 Å². The number of oxime groups is 1. The van der Waals surface area contributed by atoms with E-state index in [0.29, 0.717) is 18.8 Å². The highest BCUT2D eigenvalue weighted by Crippen LogP contribution is 2.58. The number of halogens is 1. The molecule has 0 aromatic heterocycles. The second-order valence-corrected chi connectivity index (χ2v) is 8.89. The van der Waals surface area contributed by atoms with Crippen LogP contribution in [-0.4, -0.2) is 23.9 Å². The van der Waals surface area contributed by atoms with Crippen molar-refractivity contribution >= 4 is 23.3 Å². The highest BCUT2D eigenvalue weighted by molar-refractivity contribution is 6.35. The molecule has 1 saturated carbocycles. The highest BCUT2D eigenvalue weighted by atomic mass is 35.5. The summed E-state index contributed by atoms with van der Waals surface area (Å²) in [6.45, 7) is 8.33. The molecule has 0 amide bonds. The maximum absolute atomic E-state index is 12.2. The fourth-order valence-electron chi connectivity index (χ4n) is 5.19. The SMILES string of the molecule is CO/N=C1\CC2[C@](C)(C(=O)O)CCC[C@]2(C)c2ccc(C(C)C)c(Cl)c21. The molecular weight excluding hydrogens is 350 g/mol. The average molecular weight is 378 g/mol. The van der Waals surface area contributed by atoms with E-state index in [1.165, 1.54) is 7.11 Å². The zero-order valence-corrected chi connectivity index (χ0v) is 17.0. The van der Waals surface area contributed by atoms with Crippen molar-refractivity contribution in [3.8, 4) is 0 Å². The monoisotopic (exact) mass is 377 g/mol. The summed E-state index contributed by atoms with van der Waals surface area (Å²) in [5.41, 5.74) is 2.92. The minimum absolute atomic E-state index is 0.0383. The standard InChI is InChI=1S/C21H28ClNO3/c1-12(2)13-7-8-14-17(18(13)22)15(23-26-5)11-16-20(14,3)9-6-10-21(16,4)19(24)25/h7-8,12,16H,6,9-11H2,1-5H3,(H,24,25)/b23-15+/t16?,20-,21-/m1/s1. The molecule has 0 spiro atoms. The summed E-state index contributed by atoms with van der Waals surface area (Å²) >= 11 is 6.83. The molecule has 0 bridgehead atoms. The van der Waals surface area contributed by atoms with Gasteiger partial charge in [-0.2, -0.15) is 0 Å². The van der Waals surface area contributed by atoms with Crippen LogP contribution in [0.15, 0.2) is 17.3 Å². The number of carbonyl (C=O) groups is 1. The zero-order chi connectivity index (χ0) is 19.3. The molecule has 0 radical (unpaired) electrons. The first-order chi connectivity index (χ1) is 12.2. The lowest BCUT2D eigenvalue weighted by molar-refractivity contribution is -0.156.